The van der Waals surface area contributed by atoms with Crippen molar-refractivity contribution in [3.8, 4) is 11.5 Å². The molecular formula is C20H14ClN3O7S. The molecule has 164 valence electrons. The molecule has 0 aliphatic carbocycles. The Morgan fingerprint density at radius 2 is 2.09 bits per heavy atom. The number of nitro benzene ring substituents is 1. The third-order valence-electron chi connectivity index (χ3n) is 4.60. The van der Waals surface area contributed by atoms with Gasteiger partial charge >= 0.3 is 0 Å². The van der Waals surface area contributed by atoms with Gasteiger partial charge in [0.2, 0.25) is 6.79 Å². The van der Waals surface area contributed by atoms with Crippen LogP contribution in [0.15, 0.2) is 41.3 Å². The van der Waals surface area contributed by atoms with E-state index >= 15 is 0 Å². The molecule has 1 fully saturated rings. The number of benzene rings is 2. The van der Waals surface area contributed by atoms with Gasteiger partial charge in [0.25, 0.3) is 22.7 Å². The van der Waals surface area contributed by atoms with Crippen LogP contribution in [0.5, 0.6) is 11.5 Å². The van der Waals surface area contributed by atoms with Crippen molar-refractivity contribution < 1.29 is 28.8 Å². The maximum atomic E-state index is 12.6. The van der Waals surface area contributed by atoms with Crippen LogP contribution in [0.3, 0.4) is 0 Å². The van der Waals surface area contributed by atoms with Gasteiger partial charge in [0.15, 0.2) is 11.5 Å². The van der Waals surface area contributed by atoms with Crippen LogP contribution in [-0.2, 0) is 4.79 Å². The molecule has 2 aliphatic heterocycles. The minimum absolute atomic E-state index is 0.0273. The number of nitrogens with one attached hydrogen (secondary N) is 1. The first-order valence-electron chi connectivity index (χ1n) is 9.21. The molecule has 4 rings (SSSR count). The summed E-state index contributed by atoms with van der Waals surface area (Å²) >= 11 is 6.51. The van der Waals surface area contributed by atoms with E-state index < -0.39 is 22.0 Å². The van der Waals surface area contributed by atoms with Gasteiger partial charge in [-0.15, -0.1) is 0 Å². The predicted molar refractivity (Wildman–Crippen MR) is 116 cm³/mol. The fraction of sp³-hybridized carbons (Fsp3) is 0.150. The zero-order valence-electron chi connectivity index (χ0n) is 16.2. The number of hydrogen-bond acceptors (Lipinski definition) is 8. The fourth-order valence-electron chi connectivity index (χ4n) is 3.09. The van der Waals surface area contributed by atoms with Crippen LogP contribution >= 0.6 is 23.4 Å². The molecule has 10 nitrogen and oxygen atoms in total. The molecule has 2 aliphatic rings. The quantitative estimate of drug-likeness (QED) is 0.382. The van der Waals surface area contributed by atoms with Crippen molar-refractivity contribution >= 4 is 52.2 Å². The van der Waals surface area contributed by atoms with Gasteiger partial charge in [-0.1, -0.05) is 23.7 Å². The van der Waals surface area contributed by atoms with Gasteiger partial charge in [0.05, 0.1) is 15.4 Å². The highest BCUT2D eigenvalue weighted by Crippen LogP contribution is 2.35. The lowest BCUT2D eigenvalue weighted by molar-refractivity contribution is -0.384. The smallest absolute Gasteiger partial charge is 0.293 e. The van der Waals surface area contributed by atoms with E-state index in [9.17, 15) is 24.5 Å². The van der Waals surface area contributed by atoms with E-state index in [1.165, 1.54) is 24.3 Å². The Balaban J connectivity index is 1.40. The van der Waals surface area contributed by atoms with Crippen molar-refractivity contribution in [2.45, 2.75) is 0 Å². The molecule has 0 atom stereocenters. The molecule has 0 bridgehead atoms. The lowest BCUT2D eigenvalue weighted by atomic mass is 10.1. The Bertz CT molecular complexity index is 1180. The number of thioether (sulfide) groups is 1. The minimum Gasteiger partial charge on any atom is -0.454 e. The third-order valence-corrected chi connectivity index (χ3v) is 5.83. The Morgan fingerprint density at radius 3 is 2.88 bits per heavy atom. The molecule has 0 aromatic heterocycles. The highest BCUT2D eigenvalue weighted by atomic mass is 35.5. The number of nitro groups is 1. The summed E-state index contributed by atoms with van der Waals surface area (Å²) in [6, 6.07) is 9.00. The lowest BCUT2D eigenvalue weighted by Gasteiger charge is -2.13. The van der Waals surface area contributed by atoms with Crippen LogP contribution in [0, 0.1) is 10.1 Å². The first-order valence-corrected chi connectivity index (χ1v) is 10.4. The van der Waals surface area contributed by atoms with E-state index in [1.807, 2.05) is 0 Å². The highest BCUT2D eigenvalue weighted by Gasteiger charge is 2.35. The number of rotatable bonds is 6. The first kappa shape index (κ1) is 21.7. The van der Waals surface area contributed by atoms with Crippen LogP contribution < -0.4 is 14.8 Å². The van der Waals surface area contributed by atoms with Crippen molar-refractivity contribution in [2.24, 2.45) is 0 Å². The second-order valence-electron chi connectivity index (χ2n) is 6.60. The Hall–Kier alpha value is -3.57. The number of ether oxygens (including phenoxy) is 2. The number of fused-ring (bicyclic) bond motifs is 1. The molecule has 0 unspecified atom stereocenters. The molecule has 1 N–H and O–H groups in total. The number of carbonyl (C=O) groups is 3. The summed E-state index contributed by atoms with van der Waals surface area (Å²) < 4.78 is 10.5. The summed E-state index contributed by atoms with van der Waals surface area (Å²) in [7, 11) is 0. The second kappa shape index (κ2) is 8.89. The highest BCUT2D eigenvalue weighted by molar-refractivity contribution is 8.18. The van der Waals surface area contributed by atoms with E-state index in [0.29, 0.717) is 34.4 Å². The Kier molecular flexibility index (Phi) is 6.01. The summed E-state index contributed by atoms with van der Waals surface area (Å²) in [6.45, 7) is 0.0154. The van der Waals surface area contributed by atoms with Crippen molar-refractivity contribution in [1.82, 2.24) is 10.2 Å². The molecule has 2 aromatic rings. The minimum atomic E-state index is -0.632. The molecule has 1 saturated heterocycles. The monoisotopic (exact) mass is 475 g/mol. The number of carbonyl (C=O) groups excluding carboxylic acids is 3. The topological polar surface area (TPSA) is 128 Å². The van der Waals surface area contributed by atoms with Crippen LogP contribution in [0.2, 0.25) is 5.02 Å². The van der Waals surface area contributed by atoms with Gasteiger partial charge in [-0.2, -0.15) is 0 Å². The van der Waals surface area contributed by atoms with E-state index in [4.69, 9.17) is 21.1 Å². The molecule has 0 radical (unpaired) electrons. The van der Waals surface area contributed by atoms with Crippen LogP contribution in [0.4, 0.5) is 10.5 Å². The van der Waals surface area contributed by atoms with Gasteiger partial charge in [-0.3, -0.25) is 29.4 Å². The fourth-order valence-corrected chi connectivity index (χ4v) is 4.14. The van der Waals surface area contributed by atoms with Crippen molar-refractivity contribution in [1.29, 1.82) is 0 Å². The van der Waals surface area contributed by atoms with Crippen LogP contribution in [0.1, 0.15) is 15.9 Å². The van der Waals surface area contributed by atoms with Gasteiger partial charge in [-0.05, 0) is 41.6 Å². The SMILES string of the molecule is O=C(NCCN1C(=O)S/C(=C\c2ccc(Cl)c([N+](=O)[O-])c2)C1=O)c1cccc2c1OCO2. The van der Waals surface area contributed by atoms with E-state index in [1.54, 1.807) is 18.2 Å². The zero-order chi connectivity index (χ0) is 22.8. The summed E-state index contributed by atoms with van der Waals surface area (Å²) in [5.41, 5.74) is 0.350. The molecule has 32 heavy (non-hydrogen) atoms. The Labute approximate surface area is 190 Å². The molecule has 0 saturated carbocycles. The van der Waals surface area contributed by atoms with Gasteiger partial charge in [0, 0.05) is 19.2 Å². The average molecular weight is 476 g/mol. The van der Waals surface area contributed by atoms with Gasteiger partial charge in [-0.25, -0.2) is 0 Å². The largest absolute Gasteiger partial charge is 0.454 e. The third kappa shape index (κ3) is 4.25. The van der Waals surface area contributed by atoms with Gasteiger partial charge in [0.1, 0.15) is 5.02 Å². The van der Waals surface area contributed by atoms with Crippen molar-refractivity contribution in [2.75, 3.05) is 19.9 Å². The zero-order valence-corrected chi connectivity index (χ0v) is 17.8. The van der Waals surface area contributed by atoms with Crippen LogP contribution in [-0.4, -0.2) is 46.8 Å². The average Bonchev–Trinajstić information content (AvgIpc) is 3.34. The van der Waals surface area contributed by atoms with E-state index in [-0.39, 0.29) is 35.5 Å². The number of hydrogen-bond donors (Lipinski definition) is 1. The maximum Gasteiger partial charge on any atom is 0.293 e. The maximum absolute atomic E-state index is 12.6. The standard InChI is InChI=1S/C20H14ClN3O7S/c21-13-5-4-11(8-14(13)24(28)29)9-16-19(26)23(20(27)32-16)7-6-22-18(25)12-2-1-3-15-17(12)31-10-30-15/h1-5,8-9H,6-7,10H2,(H,22,25)/b16-9-. The normalized spacial score (nSPS) is 16.0. The van der Waals surface area contributed by atoms with E-state index in [0.717, 1.165) is 4.90 Å². The molecule has 2 aromatic carbocycles. The molecule has 3 amide bonds. The summed E-state index contributed by atoms with van der Waals surface area (Å²) in [4.78, 5) is 48.8. The second-order valence-corrected chi connectivity index (χ2v) is 8.00. The number of para-hydroxylation sites is 1. The van der Waals surface area contributed by atoms with Crippen LogP contribution in [0.25, 0.3) is 6.08 Å². The first-order chi connectivity index (χ1) is 15.3. The number of imide groups is 1. The summed E-state index contributed by atoms with van der Waals surface area (Å²) in [5, 5.41) is 13.1. The summed E-state index contributed by atoms with van der Waals surface area (Å²) in [5.74, 6) is -0.167. The number of amides is 3. The Morgan fingerprint density at radius 1 is 1.28 bits per heavy atom. The predicted octanol–water partition coefficient (Wildman–Crippen LogP) is 3.44. The molecule has 12 heteroatoms. The van der Waals surface area contributed by atoms with Gasteiger partial charge < -0.3 is 14.8 Å². The molecule has 0 spiro atoms. The van der Waals surface area contributed by atoms with Crippen molar-refractivity contribution in [3.63, 3.8) is 0 Å². The molecule has 2 heterocycles. The number of halogens is 1. The molecular weight excluding hydrogens is 462 g/mol. The van der Waals surface area contributed by atoms with E-state index in [2.05, 4.69) is 5.32 Å². The van der Waals surface area contributed by atoms with Crippen molar-refractivity contribution in [3.05, 3.63) is 67.6 Å². The number of nitrogens with zero attached hydrogens (tertiary/aromatic N) is 2. The summed E-state index contributed by atoms with van der Waals surface area (Å²) in [6.07, 6.45) is 1.39. The lowest BCUT2D eigenvalue weighted by Crippen LogP contribution is -2.37.